The molecule has 0 atom stereocenters. The molecule has 2 nitrogen and oxygen atoms in total. The fraction of sp³-hybridized carbons (Fsp3) is 0.400. The van der Waals surface area contributed by atoms with Crippen LogP contribution in [0, 0.1) is 18.3 Å². The van der Waals surface area contributed by atoms with E-state index in [9.17, 15) is 8.78 Å². The second-order valence-corrected chi connectivity index (χ2v) is 3.33. The number of alkyl halides is 3. The molecule has 0 aromatic carbocycles. The monoisotopic (exact) mass is 230 g/mol. The molecular formula is C10H9ClF2N2. The van der Waals surface area contributed by atoms with Crippen LogP contribution in [0.4, 0.5) is 8.78 Å². The van der Waals surface area contributed by atoms with Crippen LogP contribution < -0.4 is 0 Å². The Morgan fingerprint density at radius 3 is 2.73 bits per heavy atom. The van der Waals surface area contributed by atoms with Crippen LogP contribution in [0.3, 0.4) is 0 Å². The predicted octanol–water partition coefficient (Wildman–Crippen LogP) is 3.13. The first kappa shape index (κ1) is 11.9. The number of aromatic nitrogens is 1. The van der Waals surface area contributed by atoms with Gasteiger partial charge in [-0.25, -0.2) is 13.8 Å². The summed E-state index contributed by atoms with van der Waals surface area (Å²) in [5.74, 6) is 0.0387. The molecule has 0 unspecified atom stereocenters. The molecule has 0 spiro atoms. The number of hydrogen-bond donors (Lipinski definition) is 0. The van der Waals surface area contributed by atoms with Gasteiger partial charge in [0, 0.05) is 0 Å². The van der Waals surface area contributed by atoms with E-state index in [4.69, 9.17) is 16.9 Å². The van der Waals surface area contributed by atoms with Gasteiger partial charge >= 0.3 is 0 Å². The van der Waals surface area contributed by atoms with E-state index >= 15 is 0 Å². The van der Waals surface area contributed by atoms with Gasteiger partial charge < -0.3 is 0 Å². The van der Waals surface area contributed by atoms with Gasteiger partial charge in [-0.05, 0) is 18.1 Å². The number of hydrogen-bond acceptors (Lipinski definition) is 2. The van der Waals surface area contributed by atoms with Crippen LogP contribution in [-0.4, -0.2) is 4.98 Å². The van der Waals surface area contributed by atoms with Gasteiger partial charge in [0.25, 0.3) is 6.43 Å². The van der Waals surface area contributed by atoms with E-state index in [2.05, 4.69) is 4.98 Å². The second-order valence-electron chi connectivity index (χ2n) is 3.07. The summed E-state index contributed by atoms with van der Waals surface area (Å²) in [6, 6.07) is 3.50. The summed E-state index contributed by atoms with van der Waals surface area (Å²) in [5.41, 5.74) is 1.12. The Balaban J connectivity index is 3.24. The molecule has 0 saturated heterocycles. The van der Waals surface area contributed by atoms with Crippen LogP contribution in [0.2, 0.25) is 0 Å². The minimum atomic E-state index is -2.61. The van der Waals surface area contributed by atoms with Crippen molar-refractivity contribution in [2.45, 2.75) is 25.7 Å². The molecule has 1 rings (SSSR count). The van der Waals surface area contributed by atoms with Crippen LogP contribution >= 0.6 is 11.6 Å². The van der Waals surface area contributed by atoms with Crippen LogP contribution in [0.15, 0.2) is 6.07 Å². The first-order valence-corrected chi connectivity index (χ1v) is 4.84. The minimum absolute atomic E-state index is 0.0387. The Bertz CT molecular complexity index is 399. The van der Waals surface area contributed by atoms with Crippen LogP contribution in [-0.2, 0) is 12.3 Å². The van der Waals surface area contributed by atoms with Gasteiger partial charge in [-0.15, -0.1) is 11.6 Å². The predicted molar refractivity (Wildman–Crippen MR) is 52.8 cm³/mol. The number of rotatable bonds is 3. The Labute approximate surface area is 91.5 Å². The van der Waals surface area contributed by atoms with E-state index in [1.165, 1.54) is 0 Å². The van der Waals surface area contributed by atoms with Crippen molar-refractivity contribution in [2.24, 2.45) is 0 Å². The Hall–Kier alpha value is -1.21. The Kier molecular flexibility index (Phi) is 3.98. The van der Waals surface area contributed by atoms with Crippen LogP contribution in [0.5, 0.6) is 0 Å². The lowest BCUT2D eigenvalue weighted by Crippen LogP contribution is -2.03. The molecule has 0 N–H and O–H groups in total. The zero-order valence-corrected chi connectivity index (χ0v) is 8.85. The number of nitrogens with zero attached hydrogens (tertiary/aromatic N) is 2. The lowest BCUT2D eigenvalue weighted by Gasteiger charge is -2.09. The van der Waals surface area contributed by atoms with E-state index in [-0.39, 0.29) is 18.0 Å². The average molecular weight is 231 g/mol. The molecule has 80 valence electrons. The van der Waals surface area contributed by atoms with Crippen LogP contribution in [0.1, 0.15) is 28.9 Å². The number of aryl methyl sites for hydroxylation is 1. The average Bonchev–Trinajstić information content (AvgIpc) is 2.18. The molecule has 1 aromatic rings. The number of pyridine rings is 1. The number of nitriles is 1. The Morgan fingerprint density at radius 2 is 2.27 bits per heavy atom. The molecule has 0 amide bonds. The maximum absolute atomic E-state index is 12.5. The van der Waals surface area contributed by atoms with Crippen molar-refractivity contribution < 1.29 is 8.78 Å². The fourth-order valence-corrected chi connectivity index (χ4v) is 1.53. The van der Waals surface area contributed by atoms with Crippen LogP contribution in [0.25, 0.3) is 0 Å². The van der Waals surface area contributed by atoms with Gasteiger partial charge in [0.1, 0.15) is 5.69 Å². The summed E-state index contributed by atoms with van der Waals surface area (Å²) in [6.07, 6.45) is -2.47. The molecule has 0 aliphatic rings. The Morgan fingerprint density at radius 1 is 1.60 bits per heavy atom. The van der Waals surface area contributed by atoms with Crippen molar-refractivity contribution in [3.05, 3.63) is 28.6 Å². The highest BCUT2D eigenvalue weighted by atomic mass is 35.5. The van der Waals surface area contributed by atoms with Crippen molar-refractivity contribution >= 4 is 11.6 Å². The molecule has 1 aromatic heterocycles. The second kappa shape index (κ2) is 5.04. The van der Waals surface area contributed by atoms with Gasteiger partial charge in [-0.2, -0.15) is 5.26 Å². The maximum atomic E-state index is 12.5. The molecule has 0 aliphatic heterocycles. The lowest BCUT2D eigenvalue weighted by molar-refractivity contribution is 0.145. The quantitative estimate of drug-likeness (QED) is 0.748. The lowest BCUT2D eigenvalue weighted by atomic mass is 10.1. The molecular weight excluding hydrogens is 222 g/mol. The summed E-state index contributed by atoms with van der Waals surface area (Å²) in [5, 5.41) is 8.54. The van der Waals surface area contributed by atoms with Gasteiger partial charge in [-0.1, -0.05) is 6.07 Å². The normalized spacial score (nSPS) is 10.4. The van der Waals surface area contributed by atoms with Crippen molar-refractivity contribution in [3.8, 4) is 6.07 Å². The summed E-state index contributed by atoms with van der Waals surface area (Å²) in [4.78, 5) is 3.78. The van der Waals surface area contributed by atoms with Crippen molar-refractivity contribution in [1.82, 2.24) is 4.98 Å². The molecule has 0 bridgehead atoms. The van der Waals surface area contributed by atoms with Crippen molar-refractivity contribution in [1.29, 1.82) is 5.26 Å². The molecule has 5 heteroatoms. The zero-order valence-electron chi connectivity index (χ0n) is 8.10. The third-order valence-corrected chi connectivity index (χ3v) is 2.28. The zero-order chi connectivity index (χ0) is 11.4. The standard InChI is InChI=1S/C10H9ClF2N2/c1-6-4-7(2-3-14)8(5-11)15-9(6)10(12)13/h4,10H,2,5H2,1H3. The summed E-state index contributed by atoms with van der Waals surface area (Å²) < 4.78 is 25.0. The topological polar surface area (TPSA) is 36.7 Å². The summed E-state index contributed by atoms with van der Waals surface area (Å²) >= 11 is 5.58. The van der Waals surface area contributed by atoms with Gasteiger partial charge in [0.2, 0.25) is 0 Å². The van der Waals surface area contributed by atoms with E-state index in [1.54, 1.807) is 13.0 Å². The van der Waals surface area contributed by atoms with E-state index in [0.29, 0.717) is 16.8 Å². The molecule has 0 saturated carbocycles. The highest BCUT2D eigenvalue weighted by Crippen LogP contribution is 2.23. The third-order valence-electron chi connectivity index (χ3n) is 2.02. The molecule has 0 aliphatic carbocycles. The third kappa shape index (κ3) is 2.63. The van der Waals surface area contributed by atoms with Gasteiger partial charge in [0.15, 0.2) is 0 Å². The van der Waals surface area contributed by atoms with E-state index in [1.807, 2.05) is 6.07 Å². The van der Waals surface area contributed by atoms with E-state index in [0.717, 1.165) is 0 Å². The maximum Gasteiger partial charge on any atom is 0.280 e. The van der Waals surface area contributed by atoms with Crippen molar-refractivity contribution in [3.63, 3.8) is 0 Å². The van der Waals surface area contributed by atoms with Gasteiger partial charge in [-0.3, -0.25) is 0 Å². The fourth-order valence-electron chi connectivity index (χ4n) is 1.30. The smallest absolute Gasteiger partial charge is 0.250 e. The highest BCUT2D eigenvalue weighted by Gasteiger charge is 2.15. The number of halogens is 3. The SMILES string of the molecule is Cc1cc(CC#N)c(CCl)nc1C(F)F. The molecule has 15 heavy (non-hydrogen) atoms. The molecule has 0 fully saturated rings. The minimum Gasteiger partial charge on any atom is -0.250 e. The highest BCUT2D eigenvalue weighted by molar-refractivity contribution is 6.17. The first-order valence-electron chi connectivity index (χ1n) is 4.30. The summed E-state index contributed by atoms with van der Waals surface area (Å²) in [7, 11) is 0. The molecule has 0 radical (unpaired) electrons. The van der Waals surface area contributed by atoms with E-state index < -0.39 is 6.43 Å². The van der Waals surface area contributed by atoms with Crippen molar-refractivity contribution in [2.75, 3.05) is 0 Å². The first-order chi connectivity index (χ1) is 7.10. The largest absolute Gasteiger partial charge is 0.280 e. The van der Waals surface area contributed by atoms with Gasteiger partial charge in [0.05, 0.1) is 24.1 Å². The molecule has 1 heterocycles. The summed E-state index contributed by atoms with van der Waals surface area (Å²) in [6.45, 7) is 1.55.